The second-order valence-electron chi connectivity index (χ2n) is 6.32. The second-order valence-corrected chi connectivity index (χ2v) is 7.26. The molecule has 0 saturated carbocycles. The first-order chi connectivity index (χ1) is 12.6. The van der Waals surface area contributed by atoms with E-state index in [4.69, 9.17) is 4.42 Å². The van der Waals surface area contributed by atoms with Gasteiger partial charge in [0.05, 0.1) is 17.6 Å². The summed E-state index contributed by atoms with van der Waals surface area (Å²) in [7, 11) is 1.91. The fourth-order valence-electron chi connectivity index (χ4n) is 3.29. The van der Waals surface area contributed by atoms with Crippen LogP contribution < -0.4 is 4.90 Å². The number of anilines is 1. The zero-order valence-electron chi connectivity index (χ0n) is 14.8. The van der Waals surface area contributed by atoms with Gasteiger partial charge < -0.3 is 13.9 Å². The van der Waals surface area contributed by atoms with Crippen LogP contribution in [0.1, 0.15) is 17.7 Å². The maximum Gasteiger partial charge on any atom is 0.237 e. The Morgan fingerprint density at radius 3 is 2.92 bits per heavy atom. The van der Waals surface area contributed by atoms with Crippen LogP contribution in [-0.2, 0) is 18.3 Å². The number of nitrogens with zero attached hydrogens (tertiary/aromatic N) is 4. The van der Waals surface area contributed by atoms with Crippen LogP contribution in [0.5, 0.6) is 0 Å². The molecule has 0 unspecified atom stereocenters. The minimum Gasteiger partial charge on any atom is -0.469 e. The number of carbonyl (C=O) groups is 1. The molecule has 1 aliphatic heterocycles. The van der Waals surface area contributed by atoms with Crippen molar-refractivity contribution in [3.63, 3.8) is 0 Å². The SMILES string of the molecule is Cc1occc1-c1nnc(SCC(=O)N2CCCc3ccccc32)n1C. The van der Waals surface area contributed by atoms with Crippen LogP contribution >= 0.6 is 11.8 Å². The van der Waals surface area contributed by atoms with Gasteiger partial charge in [-0.05, 0) is 37.5 Å². The summed E-state index contributed by atoms with van der Waals surface area (Å²) in [4.78, 5) is 14.7. The van der Waals surface area contributed by atoms with Crippen molar-refractivity contribution in [2.75, 3.05) is 17.2 Å². The smallest absolute Gasteiger partial charge is 0.237 e. The molecule has 3 aromatic rings. The molecule has 4 rings (SSSR count). The maximum atomic E-state index is 12.8. The van der Waals surface area contributed by atoms with Gasteiger partial charge in [0.1, 0.15) is 5.76 Å². The second kappa shape index (κ2) is 6.99. The molecule has 0 N–H and O–H groups in total. The number of para-hydroxylation sites is 1. The molecule has 6 nitrogen and oxygen atoms in total. The normalized spacial score (nSPS) is 13.7. The van der Waals surface area contributed by atoms with E-state index in [2.05, 4.69) is 16.3 Å². The molecule has 3 heterocycles. The summed E-state index contributed by atoms with van der Waals surface area (Å²) in [5, 5.41) is 9.21. The van der Waals surface area contributed by atoms with Crippen molar-refractivity contribution in [3.8, 4) is 11.4 Å². The topological polar surface area (TPSA) is 64.2 Å². The van der Waals surface area contributed by atoms with Crippen LogP contribution in [0.25, 0.3) is 11.4 Å². The lowest BCUT2D eigenvalue weighted by Crippen LogP contribution is -2.36. The van der Waals surface area contributed by atoms with Gasteiger partial charge in [0.15, 0.2) is 11.0 Å². The number of thioether (sulfide) groups is 1. The van der Waals surface area contributed by atoms with Crippen LogP contribution in [0, 0.1) is 6.92 Å². The number of amides is 1. The Kier molecular flexibility index (Phi) is 4.55. The number of benzene rings is 1. The highest BCUT2D eigenvalue weighted by atomic mass is 32.2. The molecule has 0 fully saturated rings. The third kappa shape index (κ3) is 3.03. The predicted molar refractivity (Wildman–Crippen MR) is 101 cm³/mol. The van der Waals surface area contributed by atoms with Crippen LogP contribution in [0.3, 0.4) is 0 Å². The Morgan fingerprint density at radius 1 is 1.27 bits per heavy atom. The zero-order valence-corrected chi connectivity index (χ0v) is 15.6. The van der Waals surface area contributed by atoms with Crippen molar-refractivity contribution in [3.05, 3.63) is 47.9 Å². The van der Waals surface area contributed by atoms with Gasteiger partial charge in [-0.2, -0.15) is 0 Å². The molecule has 0 saturated heterocycles. The zero-order chi connectivity index (χ0) is 18.1. The predicted octanol–water partition coefficient (Wildman–Crippen LogP) is 3.46. The molecule has 0 bridgehead atoms. The number of carbonyl (C=O) groups excluding carboxylic acids is 1. The van der Waals surface area contributed by atoms with Crippen LogP contribution in [0.15, 0.2) is 46.2 Å². The summed E-state index contributed by atoms with van der Waals surface area (Å²) in [6.45, 7) is 2.67. The lowest BCUT2D eigenvalue weighted by atomic mass is 10.0. The number of hydrogen-bond donors (Lipinski definition) is 0. The lowest BCUT2D eigenvalue weighted by molar-refractivity contribution is -0.116. The quantitative estimate of drug-likeness (QED) is 0.660. The van der Waals surface area contributed by atoms with E-state index >= 15 is 0 Å². The molecule has 134 valence electrons. The molecule has 26 heavy (non-hydrogen) atoms. The first-order valence-electron chi connectivity index (χ1n) is 8.60. The summed E-state index contributed by atoms with van der Waals surface area (Å²) in [5.74, 6) is 1.99. The minimum absolute atomic E-state index is 0.103. The van der Waals surface area contributed by atoms with Gasteiger partial charge in [-0.15, -0.1) is 10.2 Å². The fraction of sp³-hybridized carbons (Fsp3) is 0.316. The minimum atomic E-state index is 0.103. The average Bonchev–Trinajstić information content (AvgIpc) is 3.24. The van der Waals surface area contributed by atoms with Gasteiger partial charge in [0, 0.05) is 19.3 Å². The number of aromatic nitrogens is 3. The van der Waals surface area contributed by atoms with Crippen LogP contribution in [0.2, 0.25) is 0 Å². The molecule has 1 aliphatic rings. The van der Waals surface area contributed by atoms with Crippen molar-refractivity contribution in [2.24, 2.45) is 7.05 Å². The van der Waals surface area contributed by atoms with Crippen molar-refractivity contribution in [1.82, 2.24) is 14.8 Å². The number of hydrogen-bond acceptors (Lipinski definition) is 5. The summed E-state index contributed by atoms with van der Waals surface area (Å²) in [6, 6.07) is 10.0. The van der Waals surface area contributed by atoms with E-state index in [9.17, 15) is 4.79 Å². The maximum absolute atomic E-state index is 12.8. The van der Waals surface area contributed by atoms with E-state index in [-0.39, 0.29) is 5.91 Å². The lowest BCUT2D eigenvalue weighted by Gasteiger charge is -2.29. The van der Waals surface area contributed by atoms with Crippen molar-refractivity contribution < 1.29 is 9.21 Å². The van der Waals surface area contributed by atoms with Crippen molar-refractivity contribution >= 4 is 23.4 Å². The van der Waals surface area contributed by atoms with E-state index in [1.165, 1.54) is 17.3 Å². The Balaban J connectivity index is 1.48. The highest BCUT2D eigenvalue weighted by Crippen LogP contribution is 2.29. The molecule has 0 radical (unpaired) electrons. The monoisotopic (exact) mass is 368 g/mol. The Morgan fingerprint density at radius 2 is 2.12 bits per heavy atom. The first kappa shape index (κ1) is 16.9. The third-order valence-corrected chi connectivity index (χ3v) is 5.68. The first-order valence-corrected chi connectivity index (χ1v) is 9.58. The number of furan rings is 1. The van der Waals surface area contributed by atoms with Gasteiger partial charge in [-0.1, -0.05) is 30.0 Å². The van der Waals surface area contributed by atoms with E-state index in [0.717, 1.165) is 47.4 Å². The third-order valence-electron chi connectivity index (χ3n) is 4.67. The molecule has 0 aliphatic carbocycles. The Bertz CT molecular complexity index is 947. The van der Waals surface area contributed by atoms with Gasteiger partial charge in [0.2, 0.25) is 5.91 Å². The Hall–Kier alpha value is -2.54. The average molecular weight is 368 g/mol. The van der Waals surface area contributed by atoms with E-state index < -0.39 is 0 Å². The highest BCUT2D eigenvalue weighted by molar-refractivity contribution is 7.99. The van der Waals surface area contributed by atoms with Gasteiger partial charge >= 0.3 is 0 Å². The molecule has 2 aromatic heterocycles. The van der Waals surface area contributed by atoms with Gasteiger partial charge in [0.25, 0.3) is 0 Å². The van der Waals surface area contributed by atoms with Crippen LogP contribution in [0.4, 0.5) is 5.69 Å². The van der Waals surface area contributed by atoms with E-state index in [0.29, 0.717) is 5.75 Å². The number of fused-ring (bicyclic) bond motifs is 1. The summed E-state index contributed by atoms with van der Waals surface area (Å²) < 4.78 is 7.25. The molecule has 7 heteroatoms. The molecule has 0 spiro atoms. The van der Waals surface area contributed by atoms with Gasteiger partial charge in [-0.3, -0.25) is 4.79 Å². The van der Waals surface area contributed by atoms with Crippen LogP contribution in [-0.4, -0.2) is 33.0 Å². The van der Waals surface area contributed by atoms with Crippen molar-refractivity contribution in [1.29, 1.82) is 0 Å². The molecule has 0 atom stereocenters. The standard InChI is InChI=1S/C19H20N4O2S/c1-13-15(9-11-25-13)18-20-21-19(22(18)2)26-12-17(24)23-10-5-7-14-6-3-4-8-16(14)23/h3-4,6,8-9,11H,5,7,10,12H2,1-2H3. The van der Waals surface area contributed by atoms with E-state index in [1.807, 2.05) is 47.7 Å². The fourth-order valence-corrected chi connectivity index (χ4v) is 4.08. The highest BCUT2D eigenvalue weighted by Gasteiger charge is 2.23. The molecule has 1 amide bonds. The molecular formula is C19H20N4O2S. The number of aryl methyl sites for hydroxylation is 2. The molecule has 1 aromatic carbocycles. The largest absolute Gasteiger partial charge is 0.469 e. The summed E-state index contributed by atoms with van der Waals surface area (Å²) in [6.07, 6.45) is 3.68. The molecular weight excluding hydrogens is 348 g/mol. The summed E-state index contributed by atoms with van der Waals surface area (Å²) in [5.41, 5.74) is 3.20. The van der Waals surface area contributed by atoms with E-state index in [1.54, 1.807) is 6.26 Å². The number of rotatable bonds is 4. The summed E-state index contributed by atoms with van der Waals surface area (Å²) >= 11 is 1.41. The Labute approximate surface area is 156 Å². The van der Waals surface area contributed by atoms with Crippen molar-refractivity contribution in [2.45, 2.75) is 24.9 Å². The van der Waals surface area contributed by atoms with Gasteiger partial charge in [-0.25, -0.2) is 0 Å².